The van der Waals surface area contributed by atoms with Crippen molar-refractivity contribution >= 4 is 47.2 Å². The second-order valence-corrected chi connectivity index (χ2v) is 18.0. The standard InChI is InChI=1S/C29H33BrF2N2O5SSi/c1-16-24(26(27(35)36)40-25(16)21-13-33-23-11-9-19(30)14-34(21)23)38-17(2)20-10-8-18(12-22(20)39-28(31)32)15-37-41(6,7)29(3,4)5/h8-14,17,28H,15H2,1-7H3,(H,35,36)/t17-/m1/s1. The minimum absolute atomic E-state index is 0.00356. The van der Waals surface area contributed by atoms with Crippen LogP contribution in [-0.4, -0.2) is 35.4 Å². The van der Waals surface area contributed by atoms with Gasteiger partial charge in [-0.1, -0.05) is 32.9 Å². The largest absolute Gasteiger partial charge is 0.484 e. The highest BCUT2D eigenvalue weighted by molar-refractivity contribution is 9.10. The molecule has 0 aliphatic rings. The quantitative estimate of drug-likeness (QED) is 0.170. The first kappa shape index (κ1) is 31.1. The lowest BCUT2D eigenvalue weighted by Crippen LogP contribution is -2.40. The average molecular weight is 668 g/mol. The number of benzene rings is 1. The van der Waals surface area contributed by atoms with Crippen LogP contribution in [-0.2, 0) is 11.0 Å². The van der Waals surface area contributed by atoms with Crippen LogP contribution in [0.5, 0.6) is 11.5 Å². The van der Waals surface area contributed by atoms with E-state index in [1.54, 1.807) is 32.2 Å². The van der Waals surface area contributed by atoms with E-state index in [0.29, 0.717) is 32.9 Å². The molecule has 3 aromatic heterocycles. The summed E-state index contributed by atoms with van der Waals surface area (Å²) in [6, 6.07) is 8.71. The molecule has 4 rings (SSSR count). The van der Waals surface area contributed by atoms with Gasteiger partial charge >= 0.3 is 12.6 Å². The fourth-order valence-electron chi connectivity index (χ4n) is 4.07. The van der Waals surface area contributed by atoms with Crippen molar-refractivity contribution in [3.63, 3.8) is 0 Å². The number of imidazole rings is 1. The van der Waals surface area contributed by atoms with Crippen molar-refractivity contribution < 1.29 is 32.6 Å². The maximum Gasteiger partial charge on any atom is 0.387 e. The summed E-state index contributed by atoms with van der Waals surface area (Å²) in [5, 5.41) is 10.00. The van der Waals surface area contributed by atoms with Gasteiger partial charge in [0.1, 0.15) is 23.3 Å². The van der Waals surface area contributed by atoms with Crippen LogP contribution >= 0.6 is 27.3 Å². The molecule has 12 heteroatoms. The molecule has 0 saturated heterocycles. The maximum atomic E-state index is 13.4. The summed E-state index contributed by atoms with van der Waals surface area (Å²) in [7, 11) is -2.06. The van der Waals surface area contributed by atoms with Crippen molar-refractivity contribution in [2.24, 2.45) is 0 Å². The van der Waals surface area contributed by atoms with E-state index in [9.17, 15) is 18.7 Å². The summed E-state index contributed by atoms with van der Waals surface area (Å²) in [5.74, 6) is -1.02. The predicted octanol–water partition coefficient (Wildman–Crippen LogP) is 9.10. The van der Waals surface area contributed by atoms with Gasteiger partial charge in [0.25, 0.3) is 0 Å². The molecule has 220 valence electrons. The molecule has 0 unspecified atom stereocenters. The van der Waals surface area contributed by atoms with Crippen LogP contribution in [0, 0.1) is 6.92 Å². The SMILES string of the molecule is Cc1c(-c2cnc3ccc(Br)cn23)sc(C(=O)O)c1O[C@H](C)c1ccc(CO[Si](C)(C)C(C)(C)C)cc1OC(F)F. The molecule has 0 aliphatic heterocycles. The number of aromatic nitrogens is 2. The number of carboxylic acid groups (broad SMARTS) is 1. The number of alkyl halides is 2. The lowest BCUT2D eigenvalue weighted by molar-refractivity contribution is -0.0513. The third kappa shape index (κ3) is 6.66. The Kier molecular flexibility index (Phi) is 8.98. The zero-order valence-electron chi connectivity index (χ0n) is 23.9. The van der Waals surface area contributed by atoms with Gasteiger partial charge in [-0.05, 0) is 71.7 Å². The summed E-state index contributed by atoms with van der Waals surface area (Å²) in [6.45, 7) is 11.3. The highest BCUT2D eigenvalue weighted by Gasteiger charge is 2.37. The first-order valence-electron chi connectivity index (χ1n) is 13.0. The van der Waals surface area contributed by atoms with Crippen molar-refractivity contribution in [3.8, 4) is 22.1 Å². The Hall–Kier alpha value is -2.80. The van der Waals surface area contributed by atoms with Gasteiger partial charge in [0.15, 0.2) is 13.2 Å². The van der Waals surface area contributed by atoms with Crippen LogP contribution in [0.3, 0.4) is 0 Å². The van der Waals surface area contributed by atoms with E-state index in [-0.39, 0.29) is 28.0 Å². The summed E-state index contributed by atoms with van der Waals surface area (Å²) in [5.41, 5.74) is 3.08. The van der Waals surface area contributed by atoms with E-state index in [0.717, 1.165) is 15.8 Å². The maximum absolute atomic E-state index is 13.4. The number of nitrogens with zero attached hydrogens (tertiary/aromatic N) is 2. The number of hydrogen-bond acceptors (Lipinski definition) is 6. The van der Waals surface area contributed by atoms with Crippen LogP contribution in [0.25, 0.3) is 16.2 Å². The van der Waals surface area contributed by atoms with Crippen molar-refractivity contribution in [3.05, 3.63) is 68.8 Å². The number of ether oxygens (including phenoxy) is 2. The van der Waals surface area contributed by atoms with Crippen molar-refractivity contribution in [1.29, 1.82) is 0 Å². The molecule has 0 saturated carbocycles. The van der Waals surface area contributed by atoms with Gasteiger partial charge in [-0.2, -0.15) is 8.78 Å². The van der Waals surface area contributed by atoms with E-state index in [2.05, 4.69) is 54.8 Å². The highest BCUT2D eigenvalue weighted by Crippen LogP contribution is 2.44. The second kappa shape index (κ2) is 11.8. The van der Waals surface area contributed by atoms with Gasteiger partial charge in [-0.25, -0.2) is 9.78 Å². The number of aromatic carboxylic acids is 1. The predicted molar refractivity (Wildman–Crippen MR) is 162 cm³/mol. The average Bonchev–Trinajstić information content (AvgIpc) is 3.42. The lowest BCUT2D eigenvalue weighted by Gasteiger charge is -2.36. The number of hydrogen-bond donors (Lipinski definition) is 1. The van der Waals surface area contributed by atoms with Gasteiger partial charge in [-0.3, -0.25) is 4.40 Å². The third-order valence-corrected chi connectivity index (χ3v) is 13.7. The minimum Gasteiger partial charge on any atom is -0.484 e. The fourth-order valence-corrected chi connectivity index (χ4v) is 6.46. The van der Waals surface area contributed by atoms with Crippen LogP contribution in [0.15, 0.2) is 47.2 Å². The molecule has 1 atom stereocenters. The van der Waals surface area contributed by atoms with Crippen LogP contribution in [0.1, 0.15) is 60.2 Å². The third-order valence-electron chi connectivity index (χ3n) is 7.42. The molecule has 1 N–H and O–H groups in total. The normalized spacial score (nSPS) is 13.1. The zero-order chi connectivity index (χ0) is 30.3. The Bertz CT molecular complexity index is 1580. The van der Waals surface area contributed by atoms with Crippen molar-refractivity contribution in [2.45, 2.75) is 72.1 Å². The van der Waals surface area contributed by atoms with Gasteiger partial charge < -0.3 is 19.0 Å². The summed E-state index contributed by atoms with van der Waals surface area (Å²) < 4.78 is 46.9. The second-order valence-electron chi connectivity index (χ2n) is 11.3. The Labute approximate surface area is 251 Å². The molecule has 3 heterocycles. The Morgan fingerprint density at radius 3 is 2.54 bits per heavy atom. The number of rotatable bonds is 10. The molecule has 4 aromatic rings. The Morgan fingerprint density at radius 2 is 1.90 bits per heavy atom. The smallest absolute Gasteiger partial charge is 0.387 e. The van der Waals surface area contributed by atoms with Crippen LogP contribution < -0.4 is 9.47 Å². The number of carboxylic acids is 1. The van der Waals surface area contributed by atoms with Gasteiger partial charge in [0.2, 0.25) is 0 Å². The number of fused-ring (bicyclic) bond motifs is 1. The molecule has 0 amide bonds. The van der Waals surface area contributed by atoms with Gasteiger partial charge in [-0.15, -0.1) is 11.3 Å². The summed E-state index contributed by atoms with van der Waals surface area (Å²) >= 11 is 4.54. The van der Waals surface area contributed by atoms with E-state index in [4.69, 9.17) is 13.9 Å². The van der Waals surface area contributed by atoms with Gasteiger partial charge in [0, 0.05) is 21.8 Å². The molecule has 0 radical (unpaired) electrons. The Morgan fingerprint density at radius 1 is 1.20 bits per heavy atom. The molecular weight excluding hydrogens is 634 g/mol. The molecule has 0 spiro atoms. The van der Waals surface area contributed by atoms with Crippen molar-refractivity contribution in [1.82, 2.24) is 9.38 Å². The summed E-state index contributed by atoms with van der Waals surface area (Å²) in [4.78, 5) is 17.3. The molecular formula is C29H33BrF2N2O5SSi. The topological polar surface area (TPSA) is 82.3 Å². The van der Waals surface area contributed by atoms with E-state index in [1.165, 1.54) is 6.07 Å². The zero-order valence-corrected chi connectivity index (χ0v) is 27.3. The molecule has 0 aliphatic carbocycles. The van der Waals surface area contributed by atoms with E-state index in [1.807, 2.05) is 22.7 Å². The fraction of sp³-hybridized carbons (Fsp3) is 0.379. The van der Waals surface area contributed by atoms with Crippen molar-refractivity contribution in [2.75, 3.05) is 0 Å². The Balaban J connectivity index is 1.67. The van der Waals surface area contributed by atoms with Gasteiger partial charge in [0.05, 0.1) is 23.4 Å². The first-order chi connectivity index (χ1) is 19.1. The van der Waals surface area contributed by atoms with Crippen LogP contribution in [0.4, 0.5) is 8.78 Å². The summed E-state index contributed by atoms with van der Waals surface area (Å²) in [6.07, 6.45) is 2.73. The molecule has 0 fully saturated rings. The lowest BCUT2D eigenvalue weighted by atomic mass is 10.1. The van der Waals surface area contributed by atoms with E-state index >= 15 is 0 Å². The van der Waals surface area contributed by atoms with Crippen LogP contribution in [0.2, 0.25) is 18.1 Å². The molecule has 1 aromatic carbocycles. The highest BCUT2D eigenvalue weighted by atomic mass is 79.9. The number of pyridine rings is 1. The number of carbonyl (C=O) groups is 1. The molecule has 41 heavy (non-hydrogen) atoms. The molecule has 0 bridgehead atoms. The number of halogens is 3. The first-order valence-corrected chi connectivity index (χ1v) is 17.5. The number of thiophene rings is 1. The minimum atomic E-state index is -3.05. The monoisotopic (exact) mass is 666 g/mol. The van der Waals surface area contributed by atoms with E-state index < -0.39 is 27.0 Å². The molecule has 7 nitrogen and oxygen atoms in total.